The van der Waals surface area contributed by atoms with Crippen molar-refractivity contribution in [3.8, 4) is 0 Å². The molecule has 192 valence electrons. The topological polar surface area (TPSA) is 88.9 Å². The van der Waals surface area contributed by atoms with E-state index in [-0.39, 0.29) is 5.91 Å². The summed E-state index contributed by atoms with van der Waals surface area (Å²) in [5.74, 6) is 0.433. The fourth-order valence-corrected chi connectivity index (χ4v) is 5.51. The predicted octanol–water partition coefficient (Wildman–Crippen LogP) is 4.00. The third-order valence-electron chi connectivity index (χ3n) is 6.60. The van der Waals surface area contributed by atoms with Crippen LogP contribution in [-0.2, 0) is 4.79 Å². The first kappa shape index (κ1) is 26.6. The molecular weight excluding hydrogens is 472 g/mol. The second kappa shape index (κ2) is 12.2. The molecule has 36 heavy (non-hydrogen) atoms. The molecule has 0 saturated carbocycles. The molecule has 0 radical (unpaired) electrons. The highest BCUT2D eigenvalue weighted by molar-refractivity contribution is 8.00. The molecule has 3 aromatic rings. The summed E-state index contributed by atoms with van der Waals surface area (Å²) in [6, 6.07) is 13.8. The van der Waals surface area contributed by atoms with Gasteiger partial charge in [0.05, 0.1) is 29.2 Å². The smallest absolute Gasteiger partial charge is 0.234 e. The number of nitrogens with one attached hydrogen (secondary N) is 1. The molecule has 2 atom stereocenters. The van der Waals surface area contributed by atoms with Crippen LogP contribution in [-0.4, -0.2) is 75.9 Å². The van der Waals surface area contributed by atoms with Gasteiger partial charge in [-0.2, -0.15) is 0 Å². The highest BCUT2D eigenvalue weighted by Crippen LogP contribution is 2.33. The normalized spacial score (nSPS) is 18.1. The molecule has 1 amide bonds. The van der Waals surface area contributed by atoms with Crippen LogP contribution in [0.2, 0.25) is 0 Å². The number of anilines is 1. The average molecular weight is 509 g/mol. The molecule has 3 heterocycles. The number of thioether (sulfide) groups is 1. The van der Waals surface area contributed by atoms with E-state index in [0.717, 1.165) is 64.4 Å². The van der Waals surface area contributed by atoms with Gasteiger partial charge in [0, 0.05) is 55.7 Å². The molecule has 3 N–H and O–H groups in total. The highest BCUT2D eigenvalue weighted by atomic mass is 32.2. The van der Waals surface area contributed by atoms with Crippen LogP contribution in [0.4, 0.5) is 5.69 Å². The number of hydrogen-bond donors (Lipinski definition) is 3. The number of pyridine rings is 1. The van der Waals surface area contributed by atoms with E-state index >= 15 is 0 Å². The minimum atomic E-state index is -0.613. The lowest BCUT2D eigenvalue weighted by Gasteiger charge is -2.36. The van der Waals surface area contributed by atoms with Gasteiger partial charge in [-0.05, 0) is 47.9 Å². The molecular formula is C28H36N4O3S. The van der Waals surface area contributed by atoms with Crippen molar-refractivity contribution >= 4 is 34.3 Å². The van der Waals surface area contributed by atoms with Gasteiger partial charge in [-0.25, -0.2) is 0 Å². The van der Waals surface area contributed by atoms with Gasteiger partial charge in [0.1, 0.15) is 0 Å². The van der Waals surface area contributed by atoms with Crippen molar-refractivity contribution in [2.24, 2.45) is 0 Å². The van der Waals surface area contributed by atoms with E-state index in [9.17, 15) is 15.0 Å². The third kappa shape index (κ3) is 6.25. The molecule has 0 spiro atoms. The molecule has 2 aliphatic rings. The standard InChI is InChI=1S/C26H30N4O3S.C2H6/c1-17-11-20-19(3-2-4-21(20)27-13-17)24(32)15-30-9-7-29(8-10-30)14-23(31)18-5-6-25-22(12-18)28-26(33)16-34-25;1-2/h2-6,11-13,23-24,31-32H,7-10,14-16H2,1H3,(H,28,33);1-2H3. The molecule has 0 aliphatic carbocycles. The van der Waals surface area contributed by atoms with E-state index in [0.29, 0.717) is 18.8 Å². The van der Waals surface area contributed by atoms with Crippen LogP contribution in [0.3, 0.4) is 0 Å². The largest absolute Gasteiger partial charge is 0.387 e. The van der Waals surface area contributed by atoms with Crippen LogP contribution >= 0.6 is 11.8 Å². The predicted molar refractivity (Wildman–Crippen MR) is 146 cm³/mol. The number of aryl methyl sites for hydroxylation is 1. The first-order valence-electron chi connectivity index (χ1n) is 12.7. The number of carbonyl (C=O) groups excluding carboxylic acids is 1. The minimum absolute atomic E-state index is 0.00246. The van der Waals surface area contributed by atoms with E-state index in [2.05, 4.69) is 26.2 Å². The molecule has 1 fully saturated rings. The van der Waals surface area contributed by atoms with E-state index in [1.54, 1.807) is 0 Å². The van der Waals surface area contributed by atoms with Crippen LogP contribution < -0.4 is 5.32 Å². The summed E-state index contributed by atoms with van der Waals surface area (Å²) in [7, 11) is 0. The summed E-state index contributed by atoms with van der Waals surface area (Å²) in [4.78, 5) is 21.7. The number of benzene rings is 2. The Bertz CT molecular complexity index is 1200. The van der Waals surface area contributed by atoms with Crippen molar-refractivity contribution in [3.05, 3.63) is 65.4 Å². The number of β-amino-alcohol motifs (C(OH)–C–C–N with tert-alkyl or cyclic N) is 2. The van der Waals surface area contributed by atoms with Gasteiger partial charge in [-0.1, -0.05) is 32.0 Å². The number of aliphatic hydroxyl groups excluding tert-OH is 2. The maximum absolute atomic E-state index is 11.7. The molecule has 2 aliphatic heterocycles. The Morgan fingerprint density at radius 3 is 2.42 bits per heavy atom. The second-order valence-corrected chi connectivity index (χ2v) is 10.2. The summed E-state index contributed by atoms with van der Waals surface area (Å²) in [5.41, 5.74) is 4.51. The second-order valence-electron chi connectivity index (χ2n) is 9.15. The van der Waals surface area contributed by atoms with Crippen molar-refractivity contribution in [2.75, 3.05) is 50.3 Å². The first-order valence-corrected chi connectivity index (χ1v) is 13.7. The van der Waals surface area contributed by atoms with Gasteiger partial charge in [-0.15, -0.1) is 11.8 Å². The van der Waals surface area contributed by atoms with E-state index in [4.69, 9.17) is 0 Å². The Morgan fingerprint density at radius 1 is 1.00 bits per heavy atom. The fraction of sp³-hybridized carbons (Fsp3) is 0.429. The zero-order chi connectivity index (χ0) is 25.7. The Balaban J connectivity index is 0.00000148. The van der Waals surface area contributed by atoms with Crippen molar-refractivity contribution in [3.63, 3.8) is 0 Å². The molecule has 2 unspecified atom stereocenters. The summed E-state index contributed by atoms with van der Waals surface area (Å²) >= 11 is 1.52. The lowest BCUT2D eigenvalue weighted by molar-refractivity contribution is -0.113. The monoisotopic (exact) mass is 508 g/mol. The molecule has 7 nitrogen and oxygen atoms in total. The Hall–Kier alpha value is -2.49. The van der Waals surface area contributed by atoms with Crippen molar-refractivity contribution in [1.29, 1.82) is 0 Å². The number of aromatic nitrogens is 1. The summed E-state index contributed by atoms with van der Waals surface area (Å²) in [6.45, 7) is 10.5. The van der Waals surface area contributed by atoms with Crippen LogP contribution in [0.1, 0.15) is 42.7 Å². The zero-order valence-corrected chi connectivity index (χ0v) is 22.1. The quantitative estimate of drug-likeness (QED) is 0.464. The number of rotatable bonds is 6. The minimum Gasteiger partial charge on any atom is -0.387 e. The highest BCUT2D eigenvalue weighted by Gasteiger charge is 2.24. The number of piperazine rings is 1. The number of aliphatic hydroxyl groups is 2. The van der Waals surface area contributed by atoms with Crippen molar-refractivity contribution in [1.82, 2.24) is 14.8 Å². The van der Waals surface area contributed by atoms with Crippen LogP contribution in [0.5, 0.6) is 0 Å². The van der Waals surface area contributed by atoms with Gasteiger partial charge in [0.2, 0.25) is 5.91 Å². The van der Waals surface area contributed by atoms with Gasteiger partial charge in [0.25, 0.3) is 0 Å². The van der Waals surface area contributed by atoms with Crippen LogP contribution in [0.25, 0.3) is 10.9 Å². The molecule has 5 rings (SSSR count). The van der Waals surface area contributed by atoms with Gasteiger partial charge in [0.15, 0.2) is 0 Å². The van der Waals surface area contributed by atoms with Gasteiger partial charge in [-0.3, -0.25) is 19.6 Å². The van der Waals surface area contributed by atoms with E-state index < -0.39 is 12.2 Å². The SMILES string of the molecule is CC.Cc1cnc2cccc(C(O)CN3CCN(CC(O)c4ccc5c(c4)NC(=O)CS5)CC3)c2c1. The first-order chi connectivity index (χ1) is 17.5. The molecule has 0 bridgehead atoms. The Morgan fingerprint density at radius 2 is 1.69 bits per heavy atom. The fourth-order valence-electron chi connectivity index (χ4n) is 4.72. The van der Waals surface area contributed by atoms with Crippen molar-refractivity contribution < 1.29 is 15.0 Å². The number of nitrogens with zero attached hydrogens (tertiary/aromatic N) is 3. The molecule has 2 aromatic carbocycles. The number of fused-ring (bicyclic) bond motifs is 2. The molecule has 8 heteroatoms. The average Bonchev–Trinajstić information content (AvgIpc) is 2.90. The number of carbonyl (C=O) groups is 1. The number of amides is 1. The van der Waals surface area contributed by atoms with Crippen LogP contribution in [0.15, 0.2) is 53.6 Å². The van der Waals surface area contributed by atoms with E-state index in [1.807, 2.05) is 63.4 Å². The molecule has 1 aromatic heterocycles. The lowest BCUT2D eigenvalue weighted by atomic mass is 10.0. The Labute approximate surface area is 217 Å². The van der Waals surface area contributed by atoms with Gasteiger partial charge >= 0.3 is 0 Å². The van der Waals surface area contributed by atoms with E-state index in [1.165, 1.54) is 11.8 Å². The Kier molecular flexibility index (Phi) is 8.98. The van der Waals surface area contributed by atoms with Gasteiger partial charge < -0.3 is 15.5 Å². The van der Waals surface area contributed by atoms with Crippen LogP contribution in [0, 0.1) is 6.92 Å². The maximum Gasteiger partial charge on any atom is 0.234 e. The molecule has 1 saturated heterocycles. The lowest BCUT2D eigenvalue weighted by Crippen LogP contribution is -2.48. The number of hydrogen-bond acceptors (Lipinski definition) is 7. The summed E-state index contributed by atoms with van der Waals surface area (Å²) < 4.78 is 0. The summed E-state index contributed by atoms with van der Waals surface area (Å²) in [5, 5.41) is 25.7. The van der Waals surface area contributed by atoms with Crippen molar-refractivity contribution in [2.45, 2.75) is 37.9 Å². The maximum atomic E-state index is 11.7. The third-order valence-corrected chi connectivity index (χ3v) is 7.68. The summed E-state index contributed by atoms with van der Waals surface area (Å²) in [6.07, 6.45) is 0.663. The zero-order valence-electron chi connectivity index (χ0n) is 21.3.